The zero-order valence-corrected chi connectivity index (χ0v) is 16.1. The second kappa shape index (κ2) is 9.52. The van der Waals surface area contributed by atoms with E-state index in [-0.39, 0.29) is 52.1 Å². The summed E-state index contributed by atoms with van der Waals surface area (Å²) >= 11 is 0. The van der Waals surface area contributed by atoms with Crippen LogP contribution in [-0.2, 0) is 21.7 Å². The summed E-state index contributed by atoms with van der Waals surface area (Å²) in [5.41, 5.74) is 6.00. The van der Waals surface area contributed by atoms with Crippen LogP contribution >= 0.6 is 0 Å². The zero-order chi connectivity index (χ0) is 12.5. The second-order valence-electron chi connectivity index (χ2n) is 5.84. The van der Waals surface area contributed by atoms with E-state index in [1.807, 2.05) is 0 Å². The molecule has 0 aliphatic heterocycles. The van der Waals surface area contributed by atoms with Crippen LogP contribution in [-0.4, -0.2) is 5.54 Å². The van der Waals surface area contributed by atoms with Crippen molar-refractivity contribution >= 4 is 0 Å². The third-order valence-electron chi connectivity index (χ3n) is 3.48. The minimum atomic E-state index is 0. The van der Waals surface area contributed by atoms with Crippen LogP contribution in [0.4, 0.5) is 0 Å². The van der Waals surface area contributed by atoms with Gasteiger partial charge in [0.05, 0.1) is 0 Å². The largest absolute Gasteiger partial charge is 4.00 e. The molecule has 0 bridgehead atoms. The van der Waals surface area contributed by atoms with E-state index in [0.717, 1.165) is 0 Å². The van der Waals surface area contributed by atoms with Crippen LogP contribution in [0.2, 0.25) is 0 Å². The molecule has 19 heavy (non-hydrogen) atoms. The quantitative estimate of drug-likeness (QED) is 0.466. The summed E-state index contributed by atoms with van der Waals surface area (Å²) in [6.45, 7) is 17.6. The van der Waals surface area contributed by atoms with Gasteiger partial charge in [0.1, 0.15) is 0 Å². The number of allylic oxidation sites excluding steroid dienone is 3. The molecule has 0 saturated carbocycles. The van der Waals surface area contributed by atoms with E-state index in [0.29, 0.717) is 5.92 Å². The van der Waals surface area contributed by atoms with Crippen molar-refractivity contribution in [1.29, 1.82) is 0 Å². The van der Waals surface area contributed by atoms with Crippen LogP contribution in [0.15, 0.2) is 22.3 Å². The Bertz CT molecular complexity index is 341. The van der Waals surface area contributed by atoms with Crippen molar-refractivity contribution in [2.24, 2.45) is 5.92 Å². The van der Waals surface area contributed by atoms with Gasteiger partial charge in [0.15, 0.2) is 0 Å². The Hall–Kier alpha value is 0.604. The Labute approximate surface area is 146 Å². The molecule has 0 radical (unpaired) electrons. The monoisotopic (exact) mass is 337 g/mol. The number of nitrogens with one attached hydrogen (secondary N) is 1. The summed E-state index contributed by atoms with van der Waals surface area (Å²) in [6.07, 6.45) is 2.23. The summed E-state index contributed by atoms with van der Waals surface area (Å²) in [7, 11) is 0. The molecule has 0 saturated heterocycles. The fourth-order valence-corrected chi connectivity index (χ4v) is 2.05. The molecule has 1 rings (SSSR count). The van der Waals surface area contributed by atoms with Crippen molar-refractivity contribution in [2.75, 3.05) is 0 Å². The molecule has 1 nitrogen and oxygen atoms in total. The Kier molecular flexibility index (Phi) is 12.3. The SMILES string of the molecule is CC1=C(C)C(C)C([CH-][CH-]NC(C)(C)C)=C1C.[Cl-].[Cl-].[Ti+4]. The van der Waals surface area contributed by atoms with Gasteiger partial charge in [-0.15, -0.1) is 12.5 Å². The van der Waals surface area contributed by atoms with Crippen molar-refractivity contribution in [3.63, 3.8) is 0 Å². The van der Waals surface area contributed by atoms with E-state index in [4.69, 9.17) is 0 Å². The van der Waals surface area contributed by atoms with Gasteiger partial charge in [0, 0.05) is 0 Å². The van der Waals surface area contributed by atoms with Crippen molar-refractivity contribution in [2.45, 2.75) is 54.0 Å². The maximum atomic E-state index is 3.39. The van der Waals surface area contributed by atoms with Crippen molar-refractivity contribution in [3.8, 4) is 0 Å². The average Bonchev–Trinajstić information content (AvgIpc) is 2.33. The van der Waals surface area contributed by atoms with E-state index in [2.05, 4.69) is 66.7 Å². The molecule has 0 fully saturated rings. The predicted molar refractivity (Wildman–Crippen MR) is 71.7 cm³/mol. The van der Waals surface area contributed by atoms with Crippen LogP contribution in [0.25, 0.3) is 0 Å². The molecule has 0 aromatic carbocycles. The van der Waals surface area contributed by atoms with Crippen molar-refractivity contribution < 1.29 is 46.5 Å². The molecule has 0 aromatic rings. The molecule has 0 heterocycles. The molecular weight excluding hydrogens is 313 g/mol. The first-order valence-corrected chi connectivity index (χ1v) is 6.07. The number of hydrogen-bond acceptors (Lipinski definition) is 1. The van der Waals surface area contributed by atoms with Crippen LogP contribution in [0.5, 0.6) is 0 Å². The van der Waals surface area contributed by atoms with E-state index in [9.17, 15) is 0 Å². The summed E-state index contributed by atoms with van der Waals surface area (Å²) in [4.78, 5) is 0. The van der Waals surface area contributed by atoms with Crippen LogP contribution < -0.4 is 30.1 Å². The van der Waals surface area contributed by atoms with Crippen LogP contribution in [0.1, 0.15) is 48.5 Å². The third kappa shape index (κ3) is 6.73. The molecule has 0 amide bonds. The summed E-state index contributed by atoms with van der Waals surface area (Å²) in [5.74, 6) is 0.568. The first kappa shape index (κ1) is 24.6. The average molecular weight is 338 g/mol. The Morgan fingerprint density at radius 3 is 1.79 bits per heavy atom. The Morgan fingerprint density at radius 1 is 1.00 bits per heavy atom. The summed E-state index contributed by atoms with van der Waals surface area (Å²) in [5, 5.41) is 3.39. The van der Waals surface area contributed by atoms with Gasteiger partial charge < -0.3 is 43.1 Å². The van der Waals surface area contributed by atoms with Gasteiger partial charge in [-0.3, -0.25) is 0 Å². The second-order valence-corrected chi connectivity index (χ2v) is 5.84. The van der Waals surface area contributed by atoms with E-state index in [1.54, 1.807) is 0 Å². The third-order valence-corrected chi connectivity index (χ3v) is 3.48. The molecule has 0 spiro atoms. The first-order chi connectivity index (χ1) is 7.24. The number of halogens is 2. The van der Waals surface area contributed by atoms with Gasteiger partial charge in [-0.2, -0.15) is 5.57 Å². The van der Waals surface area contributed by atoms with Crippen LogP contribution in [0, 0.1) is 18.9 Å². The Balaban J connectivity index is -0.000000853. The fourth-order valence-electron chi connectivity index (χ4n) is 2.05. The van der Waals surface area contributed by atoms with Gasteiger partial charge in [0.2, 0.25) is 0 Å². The first-order valence-electron chi connectivity index (χ1n) is 6.07. The molecule has 108 valence electrons. The number of hydrogen-bond donors (Lipinski definition) is 1. The van der Waals surface area contributed by atoms with Crippen molar-refractivity contribution in [1.82, 2.24) is 5.32 Å². The predicted octanol–water partition coefficient (Wildman–Crippen LogP) is -1.95. The fraction of sp³-hybridized carbons (Fsp3) is 0.600. The van der Waals surface area contributed by atoms with Gasteiger partial charge in [0.25, 0.3) is 0 Å². The van der Waals surface area contributed by atoms with Gasteiger partial charge in [-0.1, -0.05) is 19.4 Å². The van der Waals surface area contributed by atoms with E-state index < -0.39 is 0 Å². The smallest absolute Gasteiger partial charge is 1.00 e. The van der Waals surface area contributed by atoms with Gasteiger partial charge in [-0.05, 0) is 39.2 Å². The summed E-state index contributed by atoms with van der Waals surface area (Å²) in [6, 6.07) is 0. The summed E-state index contributed by atoms with van der Waals surface area (Å²) < 4.78 is 0. The van der Waals surface area contributed by atoms with Crippen molar-refractivity contribution in [3.05, 3.63) is 35.3 Å². The topological polar surface area (TPSA) is 12.0 Å². The minimum absolute atomic E-state index is 0. The molecule has 4 heteroatoms. The molecule has 1 aliphatic rings. The normalized spacial score (nSPS) is 18.6. The van der Waals surface area contributed by atoms with Gasteiger partial charge in [-0.25, -0.2) is 5.57 Å². The molecule has 1 N–H and O–H groups in total. The maximum absolute atomic E-state index is 3.39. The van der Waals surface area contributed by atoms with E-state index >= 15 is 0 Å². The van der Waals surface area contributed by atoms with Crippen LogP contribution in [0.3, 0.4) is 0 Å². The maximum Gasteiger partial charge on any atom is 4.00 e. The molecular formula is C15H25Cl2NTi. The molecule has 1 aliphatic carbocycles. The van der Waals surface area contributed by atoms with Gasteiger partial charge >= 0.3 is 21.7 Å². The number of rotatable bonds is 3. The molecule has 0 aromatic heterocycles. The van der Waals surface area contributed by atoms with E-state index in [1.165, 1.54) is 22.3 Å². The Morgan fingerprint density at radius 2 is 1.47 bits per heavy atom. The molecule has 1 atom stereocenters. The standard InChI is InChI=1S/C15H25N.2ClH.Ti/c1-10-11(2)13(4)14(12(10)3)8-9-16-15(5,6)7;;;/h8-9,12,16H,1-7H3;2*1H;/q-2;;;+4/p-2. The molecule has 1 unspecified atom stereocenters. The zero-order valence-electron chi connectivity index (χ0n) is 13.0. The minimum Gasteiger partial charge on any atom is -1.00 e.